The molecular formula is C36H56O11. The SMILES string of the molecule is CCCC(=O)O[C@@H]1[C@H](C(C)C)[C@H]2[C@@H]3C=C(C)[C@H](O)[C@H](OC(C)=O)[C@@H](OC(=O)CCC)[C@]3(C)C[C@H](OC(C)=O)[C@]2(C)[C@H]1OC(=O)CCC. The van der Waals surface area contributed by atoms with Crippen molar-refractivity contribution in [3.05, 3.63) is 11.6 Å². The number of carbonyl (C=O) groups excluding carboxylic acids is 5. The molecule has 0 aromatic rings. The van der Waals surface area contributed by atoms with Gasteiger partial charge in [-0.05, 0) is 55.9 Å². The van der Waals surface area contributed by atoms with Crippen LogP contribution in [-0.4, -0.2) is 71.6 Å². The molecule has 3 aliphatic rings. The van der Waals surface area contributed by atoms with Gasteiger partial charge in [0.2, 0.25) is 0 Å². The Hall–Kier alpha value is -2.95. The first-order valence-electron chi connectivity index (χ1n) is 17.3. The van der Waals surface area contributed by atoms with Crippen molar-refractivity contribution >= 4 is 29.8 Å². The second-order valence-electron chi connectivity index (χ2n) is 14.5. The van der Waals surface area contributed by atoms with E-state index in [4.69, 9.17) is 23.7 Å². The van der Waals surface area contributed by atoms with E-state index in [1.54, 1.807) is 6.92 Å². The number of allylic oxidation sites excluding steroid dienone is 1. The summed E-state index contributed by atoms with van der Waals surface area (Å²) >= 11 is 0. The van der Waals surface area contributed by atoms with Crippen molar-refractivity contribution in [1.29, 1.82) is 0 Å². The number of rotatable bonds is 12. The van der Waals surface area contributed by atoms with E-state index in [0.717, 1.165) is 0 Å². The molecule has 1 N–H and O–H groups in total. The monoisotopic (exact) mass is 664 g/mol. The highest BCUT2D eigenvalue weighted by Crippen LogP contribution is 2.67. The Morgan fingerprint density at radius 3 is 1.74 bits per heavy atom. The molecule has 0 saturated heterocycles. The van der Waals surface area contributed by atoms with Crippen LogP contribution in [0.5, 0.6) is 0 Å². The smallest absolute Gasteiger partial charge is 0.306 e. The minimum Gasteiger partial charge on any atom is -0.462 e. The van der Waals surface area contributed by atoms with E-state index in [2.05, 4.69) is 0 Å². The zero-order chi connectivity index (χ0) is 35.4. The maximum atomic E-state index is 13.2. The number of ether oxygens (including phenoxy) is 5. The largest absolute Gasteiger partial charge is 0.462 e. The third-order valence-electron chi connectivity index (χ3n) is 10.6. The molecule has 3 aliphatic carbocycles. The molecule has 266 valence electrons. The Labute approximate surface area is 279 Å². The molecule has 0 radical (unpaired) electrons. The number of aliphatic hydroxyl groups is 1. The van der Waals surface area contributed by atoms with Gasteiger partial charge in [0.05, 0.1) is 0 Å². The quantitative estimate of drug-likeness (QED) is 0.166. The van der Waals surface area contributed by atoms with Gasteiger partial charge >= 0.3 is 29.8 Å². The second kappa shape index (κ2) is 15.5. The molecule has 3 rings (SSSR count). The van der Waals surface area contributed by atoms with Crippen LogP contribution in [0.1, 0.15) is 114 Å². The molecule has 0 bridgehead atoms. The summed E-state index contributed by atoms with van der Waals surface area (Å²) in [5.74, 6) is -4.04. The van der Waals surface area contributed by atoms with Gasteiger partial charge in [-0.3, -0.25) is 24.0 Å². The number of aliphatic hydroxyl groups excluding tert-OH is 1. The Kier molecular flexibility index (Phi) is 12.7. The normalized spacial score (nSPS) is 36.3. The third kappa shape index (κ3) is 7.70. The highest BCUT2D eigenvalue weighted by molar-refractivity contribution is 5.72. The predicted octanol–water partition coefficient (Wildman–Crippen LogP) is 5.24. The Bertz CT molecular complexity index is 1210. The van der Waals surface area contributed by atoms with Crippen molar-refractivity contribution in [3.8, 4) is 0 Å². The van der Waals surface area contributed by atoms with E-state index in [9.17, 15) is 29.1 Å². The Morgan fingerprint density at radius 1 is 0.787 bits per heavy atom. The van der Waals surface area contributed by atoms with E-state index >= 15 is 0 Å². The number of hydrogen-bond donors (Lipinski definition) is 1. The van der Waals surface area contributed by atoms with Crippen LogP contribution in [0.3, 0.4) is 0 Å². The van der Waals surface area contributed by atoms with Gasteiger partial charge in [0.15, 0.2) is 6.10 Å². The van der Waals surface area contributed by atoms with Gasteiger partial charge in [-0.2, -0.15) is 0 Å². The fourth-order valence-electron chi connectivity index (χ4n) is 8.58. The minimum absolute atomic E-state index is 0.110. The molecule has 0 unspecified atom stereocenters. The summed E-state index contributed by atoms with van der Waals surface area (Å²) in [4.78, 5) is 64.8. The van der Waals surface area contributed by atoms with Crippen molar-refractivity contribution in [2.24, 2.45) is 34.5 Å². The molecule has 11 atom stereocenters. The summed E-state index contributed by atoms with van der Waals surface area (Å²) in [6, 6.07) is 0. The van der Waals surface area contributed by atoms with Crippen molar-refractivity contribution in [3.63, 3.8) is 0 Å². The van der Waals surface area contributed by atoms with Crippen molar-refractivity contribution in [2.75, 3.05) is 0 Å². The van der Waals surface area contributed by atoms with Crippen LogP contribution in [0.15, 0.2) is 11.6 Å². The summed E-state index contributed by atoms with van der Waals surface area (Å²) in [5, 5.41) is 11.6. The van der Waals surface area contributed by atoms with Gasteiger partial charge in [0.1, 0.15) is 30.5 Å². The Balaban J connectivity index is 2.39. The zero-order valence-corrected chi connectivity index (χ0v) is 29.8. The summed E-state index contributed by atoms with van der Waals surface area (Å²) < 4.78 is 30.5. The topological polar surface area (TPSA) is 152 Å². The minimum atomic E-state index is -1.30. The first-order chi connectivity index (χ1) is 22.0. The van der Waals surface area contributed by atoms with E-state index in [-0.39, 0.29) is 31.6 Å². The van der Waals surface area contributed by atoms with Crippen molar-refractivity contribution in [2.45, 2.75) is 151 Å². The van der Waals surface area contributed by atoms with Gasteiger partial charge in [-0.1, -0.05) is 54.5 Å². The average Bonchev–Trinajstić information content (AvgIpc) is 3.16. The summed E-state index contributed by atoms with van der Waals surface area (Å²) in [6.07, 6.45) is -2.23. The lowest BCUT2D eigenvalue weighted by atomic mass is 9.49. The molecule has 0 spiro atoms. The van der Waals surface area contributed by atoms with E-state index < -0.39 is 95.1 Å². The lowest BCUT2D eigenvalue weighted by molar-refractivity contribution is -0.225. The van der Waals surface area contributed by atoms with E-state index in [0.29, 0.717) is 24.8 Å². The van der Waals surface area contributed by atoms with Gasteiger partial charge < -0.3 is 28.8 Å². The predicted molar refractivity (Wildman–Crippen MR) is 171 cm³/mol. The number of carbonyl (C=O) groups is 5. The molecule has 0 aromatic heterocycles. The van der Waals surface area contributed by atoms with Gasteiger partial charge in [-0.25, -0.2) is 0 Å². The second-order valence-corrected chi connectivity index (χ2v) is 14.5. The van der Waals surface area contributed by atoms with Crippen molar-refractivity contribution in [1.82, 2.24) is 0 Å². The van der Waals surface area contributed by atoms with Crippen LogP contribution < -0.4 is 0 Å². The van der Waals surface area contributed by atoms with Gasteiger partial charge in [0.25, 0.3) is 0 Å². The van der Waals surface area contributed by atoms with Crippen LogP contribution in [0.25, 0.3) is 0 Å². The third-order valence-corrected chi connectivity index (χ3v) is 10.6. The molecule has 11 heteroatoms. The number of esters is 5. The van der Waals surface area contributed by atoms with Gasteiger partial charge in [-0.15, -0.1) is 0 Å². The lowest BCUT2D eigenvalue weighted by Gasteiger charge is -2.58. The molecule has 0 heterocycles. The standard InChI is InChI=1S/C36H56O11/c1-11-14-25(39)45-31-28(19(4)5)29-23-17-20(6)30(42)32(44-22(8)38)33(46-26(40)15-12-2)35(23,9)18-24(43-21(7)37)36(29,10)34(31)47-27(41)16-13-3/h17,19,23-24,28-34,42H,11-16,18H2,1-10H3/t23-,24-,28+,29+,30-,31+,32-,33+,34-,35+,36-/m0/s1. The molecular weight excluding hydrogens is 608 g/mol. The molecule has 2 saturated carbocycles. The van der Waals surface area contributed by atoms with Crippen LogP contribution in [0, 0.1) is 34.5 Å². The Morgan fingerprint density at radius 2 is 1.28 bits per heavy atom. The van der Waals surface area contributed by atoms with Crippen molar-refractivity contribution < 1.29 is 52.8 Å². The molecule has 47 heavy (non-hydrogen) atoms. The summed E-state index contributed by atoms with van der Waals surface area (Å²) in [7, 11) is 0. The van der Waals surface area contributed by atoms with Crippen LogP contribution in [-0.2, 0) is 47.7 Å². The highest BCUT2D eigenvalue weighted by atomic mass is 16.6. The zero-order valence-electron chi connectivity index (χ0n) is 29.8. The first kappa shape index (κ1) is 38.5. The van der Waals surface area contributed by atoms with E-state index in [1.807, 2.05) is 54.5 Å². The molecule has 0 aromatic carbocycles. The average molecular weight is 665 g/mol. The van der Waals surface area contributed by atoms with Crippen LogP contribution in [0.4, 0.5) is 0 Å². The fourth-order valence-corrected chi connectivity index (χ4v) is 8.58. The lowest BCUT2D eigenvalue weighted by Crippen LogP contribution is -2.63. The maximum absolute atomic E-state index is 13.2. The highest BCUT2D eigenvalue weighted by Gasteiger charge is 2.74. The first-order valence-corrected chi connectivity index (χ1v) is 17.3. The van der Waals surface area contributed by atoms with Crippen LogP contribution >= 0.6 is 0 Å². The van der Waals surface area contributed by atoms with Crippen LogP contribution in [0.2, 0.25) is 0 Å². The molecule has 11 nitrogen and oxygen atoms in total. The van der Waals surface area contributed by atoms with Gasteiger partial charge in [0, 0.05) is 49.9 Å². The van der Waals surface area contributed by atoms with E-state index in [1.165, 1.54) is 13.8 Å². The summed E-state index contributed by atoms with van der Waals surface area (Å²) in [5.41, 5.74) is -1.60. The molecule has 0 aliphatic heterocycles. The maximum Gasteiger partial charge on any atom is 0.306 e. The summed E-state index contributed by atoms with van der Waals surface area (Å²) in [6.45, 7) is 17.7. The number of hydrogen-bond acceptors (Lipinski definition) is 11. The fraction of sp³-hybridized carbons (Fsp3) is 0.806. The molecule has 2 fully saturated rings. The molecule has 0 amide bonds. The number of fused-ring (bicyclic) bond motifs is 3.